The maximum Gasteiger partial charge on any atom is 0.255 e. The number of carbonyl (C=O) groups excluding carboxylic acids is 3. The molecule has 0 saturated heterocycles. The summed E-state index contributed by atoms with van der Waals surface area (Å²) in [5.41, 5.74) is 4.58. The molecule has 0 saturated carbocycles. The van der Waals surface area contributed by atoms with Crippen molar-refractivity contribution in [2.24, 2.45) is 0 Å². The van der Waals surface area contributed by atoms with Crippen molar-refractivity contribution in [1.82, 2.24) is 0 Å². The zero-order valence-corrected chi connectivity index (χ0v) is 15.5. The summed E-state index contributed by atoms with van der Waals surface area (Å²) in [6.45, 7) is 3.45. The van der Waals surface area contributed by atoms with Gasteiger partial charge in [-0.15, -0.1) is 0 Å². The van der Waals surface area contributed by atoms with Gasteiger partial charge in [0.05, 0.1) is 0 Å². The molecular formula is C21H23N3O3. The molecule has 27 heavy (non-hydrogen) atoms. The number of rotatable bonds is 4. The molecule has 2 aromatic rings. The molecule has 6 heteroatoms. The third-order valence-corrected chi connectivity index (χ3v) is 4.55. The van der Waals surface area contributed by atoms with Crippen LogP contribution in [-0.4, -0.2) is 17.7 Å². The Morgan fingerprint density at radius 2 is 1.89 bits per heavy atom. The van der Waals surface area contributed by atoms with E-state index in [4.69, 9.17) is 0 Å². The van der Waals surface area contributed by atoms with Gasteiger partial charge in [0.1, 0.15) is 0 Å². The number of aryl methyl sites for hydroxylation is 2. The minimum absolute atomic E-state index is 0.00771. The molecule has 6 nitrogen and oxygen atoms in total. The van der Waals surface area contributed by atoms with E-state index in [1.165, 1.54) is 6.92 Å². The first kappa shape index (κ1) is 18.6. The Morgan fingerprint density at radius 3 is 2.63 bits per heavy atom. The Bertz CT molecular complexity index is 906. The van der Waals surface area contributed by atoms with Crippen LogP contribution in [0.5, 0.6) is 0 Å². The third-order valence-electron chi connectivity index (χ3n) is 4.55. The van der Waals surface area contributed by atoms with E-state index in [0.717, 1.165) is 36.1 Å². The number of fused-ring (bicyclic) bond motifs is 1. The van der Waals surface area contributed by atoms with Crippen LogP contribution in [0.3, 0.4) is 0 Å². The molecule has 2 aromatic carbocycles. The van der Waals surface area contributed by atoms with Crippen LogP contribution in [0.4, 0.5) is 17.1 Å². The van der Waals surface area contributed by atoms with Crippen molar-refractivity contribution < 1.29 is 14.4 Å². The van der Waals surface area contributed by atoms with E-state index in [1.807, 2.05) is 25.1 Å². The van der Waals surface area contributed by atoms with Crippen molar-refractivity contribution in [3.05, 3.63) is 53.1 Å². The van der Waals surface area contributed by atoms with Crippen LogP contribution in [0.1, 0.15) is 48.2 Å². The van der Waals surface area contributed by atoms with Crippen LogP contribution in [0, 0.1) is 0 Å². The summed E-state index contributed by atoms with van der Waals surface area (Å²) in [4.78, 5) is 35.7. The van der Waals surface area contributed by atoms with E-state index in [-0.39, 0.29) is 17.7 Å². The number of carbonyl (C=O) groups is 3. The fraction of sp³-hybridized carbons (Fsp3) is 0.286. The molecular weight excluding hydrogens is 342 g/mol. The van der Waals surface area contributed by atoms with Gasteiger partial charge in [0.25, 0.3) is 5.91 Å². The highest BCUT2D eigenvalue weighted by atomic mass is 16.2. The fourth-order valence-corrected chi connectivity index (χ4v) is 3.19. The Labute approximate surface area is 158 Å². The second-order valence-electron chi connectivity index (χ2n) is 6.63. The van der Waals surface area contributed by atoms with Gasteiger partial charge < -0.3 is 16.0 Å². The smallest absolute Gasteiger partial charge is 0.255 e. The minimum Gasteiger partial charge on any atom is -0.326 e. The summed E-state index contributed by atoms with van der Waals surface area (Å²) in [6.07, 6.45) is 2.77. The van der Waals surface area contributed by atoms with Crippen LogP contribution in [0.2, 0.25) is 0 Å². The van der Waals surface area contributed by atoms with E-state index in [9.17, 15) is 14.4 Å². The van der Waals surface area contributed by atoms with Gasteiger partial charge in [-0.2, -0.15) is 0 Å². The largest absolute Gasteiger partial charge is 0.326 e. The average molecular weight is 365 g/mol. The maximum atomic E-state index is 12.8. The summed E-state index contributed by atoms with van der Waals surface area (Å²) in [6, 6.07) is 10.8. The highest BCUT2D eigenvalue weighted by Gasteiger charge is 2.16. The lowest BCUT2D eigenvalue weighted by Crippen LogP contribution is -2.15. The van der Waals surface area contributed by atoms with Gasteiger partial charge >= 0.3 is 0 Å². The summed E-state index contributed by atoms with van der Waals surface area (Å²) in [7, 11) is 0. The van der Waals surface area contributed by atoms with E-state index in [2.05, 4.69) is 16.0 Å². The Kier molecular flexibility index (Phi) is 5.54. The van der Waals surface area contributed by atoms with E-state index < -0.39 is 0 Å². The lowest BCUT2D eigenvalue weighted by molar-refractivity contribution is -0.116. The van der Waals surface area contributed by atoms with E-state index in [0.29, 0.717) is 23.4 Å². The standard InChI is InChI=1S/C21H23N3O3/c1-3-14-7-9-17(22-13(2)25)12-19(14)24-21(27)16-8-10-18-15(11-16)5-4-6-20(26)23-18/h7-12H,3-6H2,1-2H3,(H,22,25)(H,23,26)(H,24,27). The molecule has 0 bridgehead atoms. The SMILES string of the molecule is CCc1ccc(NC(C)=O)cc1NC(=O)c1ccc2c(c1)CCCC(=O)N2. The monoisotopic (exact) mass is 365 g/mol. The minimum atomic E-state index is -0.219. The molecule has 1 heterocycles. The molecule has 1 aliphatic rings. The molecule has 140 valence electrons. The fourth-order valence-electron chi connectivity index (χ4n) is 3.19. The highest BCUT2D eigenvalue weighted by molar-refractivity contribution is 6.06. The van der Waals surface area contributed by atoms with Crippen molar-refractivity contribution in [3.8, 4) is 0 Å². The maximum absolute atomic E-state index is 12.8. The van der Waals surface area contributed by atoms with Crippen molar-refractivity contribution in [2.75, 3.05) is 16.0 Å². The molecule has 0 unspecified atom stereocenters. The van der Waals surface area contributed by atoms with Crippen LogP contribution in [0.15, 0.2) is 36.4 Å². The van der Waals surface area contributed by atoms with Crippen LogP contribution in [0.25, 0.3) is 0 Å². The van der Waals surface area contributed by atoms with Gasteiger partial charge in [-0.3, -0.25) is 14.4 Å². The van der Waals surface area contributed by atoms with Crippen LogP contribution >= 0.6 is 0 Å². The van der Waals surface area contributed by atoms with Crippen molar-refractivity contribution in [2.45, 2.75) is 39.5 Å². The molecule has 3 rings (SSSR count). The van der Waals surface area contributed by atoms with Gasteiger partial charge in [0.15, 0.2) is 0 Å². The van der Waals surface area contributed by atoms with Crippen LogP contribution < -0.4 is 16.0 Å². The molecule has 0 fully saturated rings. The van der Waals surface area contributed by atoms with Crippen molar-refractivity contribution in [1.29, 1.82) is 0 Å². The predicted molar refractivity (Wildman–Crippen MR) is 106 cm³/mol. The number of nitrogens with one attached hydrogen (secondary N) is 3. The first-order chi connectivity index (χ1) is 13.0. The lowest BCUT2D eigenvalue weighted by atomic mass is 10.0. The summed E-state index contributed by atoms with van der Waals surface area (Å²) in [5, 5.41) is 8.55. The Balaban J connectivity index is 1.84. The van der Waals surface area contributed by atoms with E-state index in [1.54, 1.807) is 18.2 Å². The molecule has 0 spiro atoms. The van der Waals surface area contributed by atoms with Crippen LogP contribution in [-0.2, 0) is 22.4 Å². The molecule has 0 aromatic heterocycles. The number of hydrogen-bond acceptors (Lipinski definition) is 3. The summed E-state index contributed by atoms with van der Waals surface area (Å²) < 4.78 is 0. The predicted octanol–water partition coefficient (Wildman–Crippen LogP) is 3.73. The number of anilines is 3. The number of hydrogen-bond donors (Lipinski definition) is 3. The van der Waals surface area contributed by atoms with Crippen molar-refractivity contribution in [3.63, 3.8) is 0 Å². The first-order valence-corrected chi connectivity index (χ1v) is 9.11. The zero-order chi connectivity index (χ0) is 19.4. The second-order valence-corrected chi connectivity index (χ2v) is 6.63. The van der Waals surface area contributed by atoms with E-state index >= 15 is 0 Å². The van der Waals surface area contributed by atoms with Gasteiger partial charge in [-0.25, -0.2) is 0 Å². The Hall–Kier alpha value is -3.15. The number of benzene rings is 2. The van der Waals surface area contributed by atoms with Gasteiger partial charge in [0.2, 0.25) is 11.8 Å². The number of amides is 3. The first-order valence-electron chi connectivity index (χ1n) is 9.11. The highest BCUT2D eigenvalue weighted by Crippen LogP contribution is 2.25. The molecule has 0 atom stereocenters. The molecule has 1 aliphatic heterocycles. The van der Waals surface area contributed by atoms with Gasteiger partial charge in [0, 0.05) is 36.0 Å². The molecule has 0 radical (unpaired) electrons. The second kappa shape index (κ2) is 8.03. The van der Waals surface area contributed by atoms with Gasteiger partial charge in [-0.1, -0.05) is 13.0 Å². The topological polar surface area (TPSA) is 87.3 Å². The molecule has 0 aliphatic carbocycles. The normalized spacial score (nSPS) is 13.2. The summed E-state index contributed by atoms with van der Waals surface area (Å²) >= 11 is 0. The average Bonchev–Trinajstić information content (AvgIpc) is 2.81. The molecule has 3 N–H and O–H groups in total. The third kappa shape index (κ3) is 4.53. The van der Waals surface area contributed by atoms with Crippen molar-refractivity contribution >= 4 is 34.8 Å². The summed E-state index contributed by atoms with van der Waals surface area (Å²) in [5.74, 6) is -0.374. The van der Waals surface area contributed by atoms with Gasteiger partial charge in [-0.05, 0) is 60.7 Å². The zero-order valence-electron chi connectivity index (χ0n) is 15.5. The Morgan fingerprint density at radius 1 is 1.07 bits per heavy atom. The lowest BCUT2D eigenvalue weighted by Gasteiger charge is -2.14. The molecule has 3 amide bonds. The quantitative estimate of drug-likeness (QED) is 0.771.